The Hall–Kier alpha value is -2.57. The second kappa shape index (κ2) is 6.24. The summed E-state index contributed by atoms with van der Waals surface area (Å²) in [5.41, 5.74) is 0.791. The fourth-order valence-corrected chi connectivity index (χ4v) is 1.14. The van der Waals surface area contributed by atoms with Crippen LogP contribution in [0.2, 0.25) is 0 Å². The number of methoxy groups -OCH3 is 1. The maximum Gasteiger partial charge on any atom is 0.337 e. The molecule has 18 heavy (non-hydrogen) atoms. The Kier molecular flexibility index (Phi) is 4.67. The number of carboxylic acid groups (broad SMARTS) is 1. The summed E-state index contributed by atoms with van der Waals surface area (Å²) in [6.45, 7) is -0.466. The molecule has 0 fully saturated rings. The van der Waals surface area contributed by atoms with Gasteiger partial charge in [-0.2, -0.15) is 0 Å². The number of benzene rings is 1. The summed E-state index contributed by atoms with van der Waals surface area (Å²) in [6.07, 6.45) is 0. The molecule has 0 atom stereocenters. The zero-order chi connectivity index (χ0) is 13.5. The lowest BCUT2D eigenvalue weighted by atomic mass is 10.2. The smallest absolute Gasteiger partial charge is 0.337 e. The third-order valence-electron chi connectivity index (χ3n) is 1.96. The van der Waals surface area contributed by atoms with E-state index in [1.165, 1.54) is 31.4 Å². The molecule has 96 valence electrons. The minimum atomic E-state index is -1.13. The summed E-state index contributed by atoms with van der Waals surface area (Å²) < 4.78 is 4.52. The van der Waals surface area contributed by atoms with Crippen LogP contribution in [-0.4, -0.2) is 36.7 Å². The van der Waals surface area contributed by atoms with Crippen LogP contribution in [0, 0.1) is 0 Å². The minimum Gasteiger partial charge on any atom is -0.480 e. The van der Waals surface area contributed by atoms with Crippen LogP contribution in [0.15, 0.2) is 24.3 Å². The molecular weight excluding hydrogens is 240 g/mol. The largest absolute Gasteiger partial charge is 0.480 e. The molecular formula is C11H12N2O5. The maximum atomic E-state index is 11.2. The van der Waals surface area contributed by atoms with Crippen molar-refractivity contribution in [1.29, 1.82) is 0 Å². The highest BCUT2D eigenvalue weighted by molar-refractivity contribution is 5.93. The molecule has 0 saturated heterocycles. The Morgan fingerprint density at radius 2 is 1.83 bits per heavy atom. The molecule has 0 spiro atoms. The fraction of sp³-hybridized carbons (Fsp3) is 0.182. The minimum absolute atomic E-state index is 0.356. The monoisotopic (exact) mass is 252 g/mol. The summed E-state index contributed by atoms with van der Waals surface area (Å²) in [4.78, 5) is 32.6. The number of aliphatic carboxylic acids is 1. The van der Waals surface area contributed by atoms with Gasteiger partial charge in [0.05, 0.1) is 12.7 Å². The van der Waals surface area contributed by atoms with Gasteiger partial charge in [0.1, 0.15) is 6.54 Å². The molecule has 3 N–H and O–H groups in total. The number of carbonyl (C=O) groups excluding carboxylic acids is 2. The van der Waals surface area contributed by atoms with Crippen LogP contribution in [0.4, 0.5) is 10.5 Å². The first-order chi connectivity index (χ1) is 8.52. The number of rotatable bonds is 4. The highest BCUT2D eigenvalue weighted by Crippen LogP contribution is 2.10. The Morgan fingerprint density at radius 1 is 1.22 bits per heavy atom. The third-order valence-corrected chi connectivity index (χ3v) is 1.96. The number of hydrogen-bond acceptors (Lipinski definition) is 4. The highest BCUT2D eigenvalue weighted by atomic mass is 16.5. The Bertz CT molecular complexity index is 455. The van der Waals surface area contributed by atoms with Crippen molar-refractivity contribution >= 4 is 23.7 Å². The average Bonchev–Trinajstić information content (AvgIpc) is 2.36. The molecule has 0 aromatic heterocycles. The first kappa shape index (κ1) is 13.5. The maximum absolute atomic E-state index is 11.2. The molecule has 0 heterocycles. The zero-order valence-electron chi connectivity index (χ0n) is 9.60. The van der Waals surface area contributed by atoms with E-state index in [1.54, 1.807) is 0 Å². The Balaban J connectivity index is 2.55. The van der Waals surface area contributed by atoms with Gasteiger partial charge >= 0.3 is 18.0 Å². The van der Waals surface area contributed by atoms with Gasteiger partial charge in [0.2, 0.25) is 0 Å². The van der Waals surface area contributed by atoms with Gasteiger partial charge in [-0.25, -0.2) is 9.59 Å². The molecule has 2 amide bonds. The summed E-state index contributed by atoms with van der Waals surface area (Å²) >= 11 is 0. The van der Waals surface area contributed by atoms with E-state index in [9.17, 15) is 14.4 Å². The molecule has 1 rings (SSSR count). The second-order valence-electron chi connectivity index (χ2n) is 3.27. The number of hydrogen-bond donors (Lipinski definition) is 3. The average molecular weight is 252 g/mol. The van der Waals surface area contributed by atoms with Gasteiger partial charge in [0.15, 0.2) is 0 Å². The molecule has 0 bridgehead atoms. The number of urea groups is 1. The molecule has 7 nitrogen and oxygen atoms in total. The number of carbonyl (C=O) groups is 3. The molecule has 0 saturated carbocycles. The van der Waals surface area contributed by atoms with Crippen LogP contribution in [0.3, 0.4) is 0 Å². The van der Waals surface area contributed by atoms with Crippen LogP contribution in [0.1, 0.15) is 10.4 Å². The summed E-state index contributed by atoms with van der Waals surface area (Å²) in [5, 5.41) is 12.9. The molecule has 1 aromatic rings. The number of esters is 1. The summed E-state index contributed by atoms with van der Waals surface area (Å²) in [5.74, 6) is -1.61. The van der Waals surface area contributed by atoms with Gasteiger partial charge in [0.25, 0.3) is 0 Å². The normalized spacial score (nSPS) is 9.39. The van der Waals surface area contributed by atoms with Gasteiger partial charge in [-0.1, -0.05) is 0 Å². The van der Waals surface area contributed by atoms with E-state index in [1.807, 2.05) is 0 Å². The van der Waals surface area contributed by atoms with Gasteiger partial charge in [-0.15, -0.1) is 0 Å². The molecule has 0 unspecified atom stereocenters. The third kappa shape index (κ3) is 4.12. The standard InChI is InChI=1S/C11H12N2O5/c1-18-10(16)7-2-4-8(5-3-7)13-11(17)12-6-9(14)15/h2-5H,6H2,1H3,(H,14,15)(H2,12,13,17). The van der Waals surface area contributed by atoms with Crippen molar-refractivity contribution in [1.82, 2.24) is 5.32 Å². The SMILES string of the molecule is COC(=O)c1ccc(NC(=O)NCC(=O)O)cc1. The number of nitrogens with one attached hydrogen (secondary N) is 2. The fourth-order valence-electron chi connectivity index (χ4n) is 1.14. The van der Waals surface area contributed by atoms with Crippen molar-refractivity contribution in [3.63, 3.8) is 0 Å². The predicted molar refractivity (Wildman–Crippen MR) is 62.4 cm³/mol. The molecule has 1 aromatic carbocycles. The summed E-state index contributed by atoms with van der Waals surface area (Å²) in [7, 11) is 1.27. The molecule has 0 aliphatic heterocycles. The van der Waals surface area contributed by atoms with Crippen LogP contribution in [0.25, 0.3) is 0 Å². The Labute approximate surface area is 103 Å². The molecule has 7 heteroatoms. The number of carboxylic acids is 1. The van der Waals surface area contributed by atoms with Gasteiger partial charge in [-0.05, 0) is 24.3 Å². The first-order valence-corrected chi connectivity index (χ1v) is 4.98. The lowest BCUT2D eigenvalue weighted by molar-refractivity contribution is -0.135. The van der Waals surface area contributed by atoms with Crippen molar-refractivity contribution in [3.05, 3.63) is 29.8 Å². The van der Waals surface area contributed by atoms with Crippen molar-refractivity contribution in [2.75, 3.05) is 19.0 Å². The Morgan fingerprint density at radius 3 is 2.33 bits per heavy atom. The number of ether oxygens (including phenoxy) is 1. The summed E-state index contributed by atoms with van der Waals surface area (Å²) in [6, 6.07) is 5.35. The number of amides is 2. The van der Waals surface area contributed by atoms with Crippen molar-refractivity contribution in [2.45, 2.75) is 0 Å². The number of anilines is 1. The van der Waals surface area contributed by atoms with Crippen molar-refractivity contribution in [2.24, 2.45) is 0 Å². The van der Waals surface area contributed by atoms with Crippen LogP contribution in [-0.2, 0) is 9.53 Å². The van der Waals surface area contributed by atoms with Crippen LogP contribution < -0.4 is 10.6 Å². The van der Waals surface area contributed by atoms with Crippen LogP contribution in [0.5, 0.6) is 0 Å². The first-order valence-electron chi connectivity index (χ1n) is 4.98. The predicted octanol–water partition coefficient (Wildman–Crippen LogP) is 0.679. The van der Waals surface area contributed by atoms with E-state index in [-0.39, 0.29) is 0 Å². The van der Waals surface area contributed by atoms with E-state index >= 15 is 0 Å². The molecule has 0 radical (unpaired) electrons. The van der Waals surface area contributed by atoms with Gasteiger partial charge < -0.3 is 20.5 Å². The zero-order valence-corrected chi connectivity index (χ0v) is 9.60. The topological polar surface area (TPSA) is 105 Å². The van der Waals surface area contributed by atoms with Gasteiger partial charge in [-0.3, -0.25) is 4.79 Å². The van der Waals surface area contributed by atoms with Crippen molar-refractivity contribution in [3.8, 4) is 0 Å². The van der Waals surface area contributed by atoms with E-state index < -0.39 is 24.5 Å². The van der Waals surface area contributed by atoms with E-state index in [4.69, 9.17) is 5.11 Å². The second-order valence-corrected chi connectivity index (χ2v) is 3.27. The van der Waals surface area contributed by atoms with E-state index in [0.29, 0.717) is 11.3 Å². The quantitative estimate of drug-likeness (QED) is 0.683. The highest BCUT2D eigenvalue weighted by Gasteiger charge is 2.06. The van der Waals surface area contributed by atoms with E-state index in [0.717, 1.165) is 0 Å². The van der Waals surface area contributed by atoms with Crippen molar-refractivity contribution < 1.29 is 24.2 Å². The van der Waals surface area contributed by atoms with Crippen LogP contribution >= 0.6 is 0 Å². The van der Waals surface area contributed by atoms with E-state index in [2.05, 4.69) is 15.4 Å². The molecule has 0 aliphatic carbocycles. The lowest BCUT2D eigenvalue weighted by Crippen LogP contribution is -2.33. The lowest BCUT2D eigenvalue weighted by Gasteiger charge is -2.06. The van der Waals surface area contributed by atoms with Gasteiger partial charge in [0, 0.05) is 5.69 Å². The molecule has 0 aliphatic rings.